The van der Waals surface area contributed by atoms with E-state index in [9.17, 15) is 10.1 Å². The largest absolute Gasteiger partial charge is 0.312 e. The third-order valence-corrected chi connectivity index (χ3v) is 4.33. The maximum absolute atomic E-state index is 12.3. The zero-order valence-corrected chi connectivity index (χ0v) is 12.8. The number of carbonyl (C=O) groups excluding carboxylic acids is 1. The van der Waals surface area contributed by atoms with Gasteiger partial charge in [0.15, 0.2) is 0 Å². The van der Waals surface area contributed by atoms with Gasteiger partial charge in [0.2, 0.25) is 0 Å². The number of anilines is 1. The van der Waals surface area contributed by atoms with Gasteiger partial charge in [0.25, 0.3) is 5.91 Å². The SMILES string of the molecule is Cc1cc(C)cc(C(=O)Nc2sc(C)c(C)c2C#N)c1. The first-order valence-electron chi connectivity index (χ1n) is 6.32. The van der Waals surface area contributed by atoms with Gasteiger partial charge in [-0.15, -0.1) is 11.3 Å². The van der Waals surface area contributed by atoms with Crippen molar-refractivity contribution < 1.29 is 4.79 Å². The minimum atomic E-state index is -0.172. The fourth-order valence-corrected chi connectivity index (χ4v) is 3.14. The van der Waals surface area contributed by atoms with Gasteiger partial charge in [-0.1, -0.05) is 17.2 Å². The Kier molecular flexibility index (Phi) is 3.91. The molecule has 0 spiro atoms. The van der Waals surface area contributed by atoms with Crippen molar-refractivity contribution in [3.8, 4) is 6.07 Å². The molecule has 1 aromatic carbocycles. The third kappa shape index (κ3) is 2.73. The average molecular weight is 284 g/mol. The molecule has 3 nitrogen and oxygen atoms in total. The van der Waals surface area contributed by atoms with Gasteiger partial charge >= 0.3 is 0 Å². The van der Waals surface area contributed by atoms with Crippen molar-refractivity contribution in [2.45, 2.75) is 27.7 Å². The van der Waals surface area contributed by atoms with Crippen LogP contribution in [-0.2, 0) is 0 Å². The van der Waals surface area contributed by atoms with E-state index in [4.69, 9.17) is 0 Å². The Hall–Kier alpha value is -2.12. The van der Waals surface area contributed by atoms with Crippen molar-refractivity contribution in [1.82, 2.24) is 0 Å². The number of benzene rings is 1. The second-order valence-corrected chi connectivity index (χ2v) is 6.15. The van der Waals surface area contributed by atoms with Crippen molar-refractivity contribution in [3.05, 3.63) is 50.9 Å². The lowest BCUT2D eigenvalue weighted by molar-refractivity contribution is 0.102. The molecule has 1 amide bonds. The number of aryl methyl sites for hydroxylation is 3. The van der Waals surface area contributed by atoms with E-state index < -0.39 is 0 Å². The first kappa shape index (κ1) is 14.3. The fourth-order valence-electron chi connectivity index (χ4n) is 2.13. The fraction of sp³-hybridized carbons (Fsp3) is 0.250. The summed E-state index contributed by atoms with van der Waals surface area (Å²) >= 11 is 1.44. The summed E-state index contributed by atoms with van der Waals surface area (Å²) in [5.41, 5.74) is 4.22. The molecule has 1 aromatic heterocycles. The van der Waals surface area contributed by atoms with Crippen LogP contribution in [0.25, 0.3) is 0 Å². The molecule has 0 fully saturated rings. The van der Waals surface area contributed by atoms with Gasteiger partial charge in [-0.3, -0.25) is 4.79 Å². The van der Waals surface area contributed by atoms with E-state index in [0.717, 1.165) is 21.6 Å². The molecule has 2 aromatic rings. The molecule has 2 rings (SSSR count). The highest BCUT2D eigenvalue weighted by Gasteiger charge is 2.15. The Morgan fingerprint density at radius 1 is 1.15 bits per heavy atom. The van der Waals surface area contributed by atoms with Gasteiger partial charge in [0.1, 0.15) is 11.1 Å². The Morgan fingerprint density at radius 3 is 2.30 bits per heavy atom. The molecule has 0 aliphatic carbocycles. The number of rotatable bonds is 2. The maximum atomic E-state index is 12.3. The van der Waals surface area contributed by atoms with Crippen LogP contribution < -0.4 is 5.32 Å². The molecular formula is C16H16N2OS. The highest BCUT2D eigenvalue weighted by Crippen LogP contribution is 2.32. The molecule has 4 heteroatoms. The van der Waals surface area contributed by atoms with Gasteiger partial charge in [0.05, 0.1) is 5.56 Å². The Morgan fingerprint density at radius 2 is 1.75 bits per heavy atom. The van der Waals surface area contributed by atoms with Crippen LogP contribution >= 0.6 is 11.3 Å². The molecule has 1 heterocycles. The Balaban J connectivity index is 2.33. The van der Waals surface area contributed by atoms with Crippen LogP contribution in [0, 0.1) is 39.0 Å². The number of carbonyl (C=O) groups is 1. The van der Waals surface area contributed by atoms with Crippen LogP contribution in [-0.4, -0.2) is 5.91 Å². The normalized spacial score (nSPS) is 10.2. The molecule has 0 aliphatic heterocycles. The minimum absolute atomic E-state index is 0.172. The first-order valence-corrected chi connectivity index (χ1v) is 7.13. The summed E-state index contributed by atoms with van der Waals surface area (Å²) in [5.74, 6) is -0.172. The molecule has 0 saturated heterocycles. The second kappa shape index (κ2) is 5.48. The van der Waals surface area contributed by atoms with Crippen molar-refractivity contribution in [2.24, 2.45) is 0 Å². The zero-order valence-electron chi connectivity index (χ0n) is 12.0. The molecule has 0 radical (unpaired) electrons. The van der Waals surface area contributed by atoms with Gasteiger partial charge in [-0.25, -0.2) is 0 Å². The number of hydrogen-bond donors (Lipinski definition) is 1. The van der Waals surface area contributed by atoms with Gasteiger partial charge in [0, 0.05) is 10.4 Å². The van der Waals surface area contributed by atoms with E-state index in [1.54, 1.807) is 0 Å². The lowest BCUT2D eigenvalue weighted by Crippen LogP contribution is -2.12. The number of nitrogens with zero attached hydrogens (tertiary/aromatic N) is 1. The van der Waals surface area contributed by atoms with E-state index in [-0.39, 0.29) is 5.91 Å². The molecule has 0 aliphatic rings. The summed E-state index contributed by atoms with van der Waals surface area (Å²) in [4.78, 5) is 13.3. The topological polar surface area (TPSA) is 52.9 Å². The molecule has 20 heavy (non-hydrogen) atoms. The molecular weight excluding hydrogens is 268 g/mol. The Labute approximate surface area is 122 Å². The predicted molar refractivity (Wildman–Crippen MR) is 82.4 cm³/mol. The summed E-state index contributed by atoms with van der Waals surface area (Å²) in [6, 6.07) is 7.88. The lowest BCUT2D eigenvalue weighted by Gasteiger charge is -2.06. The van der Waals surface area contributed by atoms with Crippen LogP contribution in [0.5, 0.6) is 0 Å². The average Bonchev–Trinajstić information content (AvgIpc) is 2.63. The summed E-state index contributed by atoms with van der Waals surface area (Å²) in [5, 5.41) is 12.7. The molecule has 0 saturated carbocycles. The van der Waals surface area contributed by atoms with Crippen LogP contribution in [0.15, 0.2) is 18.2 Å². The summed E-state index contributed by atoms with van der Waals surface area (Å²) < 4.78 is 0. The minimum Gasteiger partial charge on any atom is -0.312 e. The summed E-state index contributed by atoms with van der Waals surface area (Å²) in [6.07, 6.45) is 0. The van der Waals surface area contributed by atoms with Gasteiger partial charge < -0.3 is 5.32 Å². The van der Waals surface area contributed by atoms with Crippen molar-refractivity contribution in [3.63, 3.8) is 0 Å². The van der Waals surface area contributed by atoms with Gasteiger partial charge in [-0.05, 0) is 45.4 Å². The lowest BCUT2D eigenvalue weighted by atomic mass is 10.1. The highest BCUT2D eigenvalue weighted by molar-refractivity contribution is 7.16. The van der Waals surface area contributed by atoms with Crippen LogP contribution in [0.2, 0.25) is 0 Å². The summed E-state index contributed by atoms with van der Waals surface area (Å²) in [7, 11) is 0. The van der Waals surface area contributed by atoms with Crippen molar-refractivity contribution in [1.29, 1.82) is 5.26 Å². The van der Waals surface area contributed by atoms with Crippen molar-refractivity contribution >= 4 is 22.2 Å². The monoisotopic (exact) mass is 284 g/mol. The van der Waals surface area contributed by atoms with Crippen LogP contribution in [0.4, 0.5) is 5.00 Å². The molecule has 0 atom stereocenters. The summed E-state index contributed by atoms with van der Waals surface area (Å²) in [6.45, 7) is 7.78. The first-order chi connectivity index (χ1) is 9.42. The standard InChI is InChI=1S/C16H16N2OS/c1-9-5-10(2)7-13(6-9)15(19)18-16-14(8-17)11(3)12(4)20-16/h5-7H,1-4H3,(H,18,19). The van der Waals surface area contributed by atoms with Crippen LogP contribution in [0.3, 0.4) is 0 Å². The van der Waals surface area contributed by atoms with Crippen LogP contribution in [0.1, 0.15) is 37.5 Å². The van der Waals surface area contributed by atoms with E-state index in [1.165, 1.54) is 11.3 Å². The number of nitrogens with one attached hydrogen (secondary N) is 1. The molecule has 0 bridgehead atoms. The van der Waals surface area contributed by atoms with E-state index >= 15 is 0 Å². The highest BCUT2D eigenvalue weighted by atomic mass is 32.1. The number of thiophene rings is 1. The van der Waals surface area contributed by atoms with Gasteiger partial charge in [-0.2, -0.15) is 5.26 Å². The second-order valence-electron chi connectivity index (χ2n) is 4.93. The molecule has 102 valence electrons. The van der Waals surface area contributed by atoms with Crippen molar-refractivity contribution in [2.75, 3.05) is 5.32 Å². The van der Waals surface area contributed by atoms with E-state index in [1.807, 2.05) is 45.9 Å². The van der Waals surface area contributed by atoms with E-state index in [0.29, 0.717) is 16.1 Å². The predicted octanol–water partition coefficient (Wildman–Crippen LogP) is 4.11. The maximum Gasteiger partial charge on any atom is 0.256 e. The number of nitriles is 1. The number of amides is 1. The molecule has 1 N–H and O–H groups in total. The third-order valence-electron chi connectivity index (χ3n) is 3.21. The number of hydrogen-bond acceptors (Lipinski definition) is 3. The smallest absolute Gasteiger partial charge is 0.256 e. The molecule has 0 unspecified atom stereocenters. The van der Waals surface area contributed by atoms with E-state index in [2.05, 4.69) is 11.4 Å². The zero-order chi connectivity index (χ0) is 14.9. The quantitative estimate of drug-likeness (QED) is 0.902. The Bertz CT molecular complexity index is 703.